The van der Waals surface area contributed by atoms with E-state index in [-0.39, 0.29) is 0 Å². The molecule has 0 N–H and O–H groups in total. The molecule has 0 bridgehead atoms. The average Bonchev–Trinajstić information content (AvgIpc) is 1.60. The Bertz CT molecular complexity index is 8700. The third-order valence-electron chi connectivity index (χ3n) is 25.4. The van der Waals surface area contributed by atoms with E-state index in [1.54, 1.807) is 0 Å². The summed E-state index contributed by atoms with van der Waals surface area (Å²) in [6.07, 6.45) is 0. The third-order valence-corrected chi connectivity index (χ3v) is 25.4. The fourth-order valence-corrected chi connectivity index (χ4v) is 19.4. The zero-order valence-electron chi connectivity index (χ0n) is 69.6. The van der Waals surface area contributed by atoms with Gasteiger partial charge in [-0.1, -0.05) is 291 Å². The number of benzene rings is 21. The molecular weight excluding hydrogens is 1580 g/mol. The lowest BCUT2D eigenvalue weighted by molar-refractivity contribution is 0.668. The Balaban J connectivity index is 0.000000105. The first-order valence-corrected chi connectivity index (χ1v) is 43.6. The van der Waals surface area contributed by atoms with Crippen LogP contribution in [0.1, 0.15) is 0 Å². The molecule has 0 saturated carbocycles. The van der Waals surface area contributed by atoms with Crippen LogP contribution in [0.2, 0.25) is 0 Å². The van der Waals surface area contributed by atoms with Crippen molar-refractivity contribution in [2.24, 2.45) is 0 Å². The Morgan fingerprint density at radius 2 is 0.388 bits per heavy atom. The van der Waals surface area contributed by atoms with Crippen molar-refractivity contribution in [3.63, 3.8) is 0 Å². The molecule has 0 saturated heterocycles. The van der Waals surface area contributed by atoms with Crippen LogP contribution >= 0.6 is 0 Å². The Hall–Kier alpha value is -17.4. The van der Waals surface area contributed by atoms with Gasteiger partial charge in [0.05, 0.1) is 44.3 Å². The minimum absolute atomic E-state index is 0.861. The first-order chi connectivity index (χ1) is 63.9. The number of para-hydroxylation sites is 6. The van der Waals surface area contributed by atoms with Crippen molar-refractivity contribution in [3.05, 3.63) is 455 Å². The molecule has 0 aliphatic carbocycles. The van der Waals surface area contributed by atoms with E-state index in [9.17, 15) is 0 Å². The average molecular weight is 1650 g/mol. The fourth-order valence-electron chi connectivity index (χ4n) is 19.4. The molecule has 9 heteroatoms. The summed E-state index contributed by atoms with van der Waals surface area (Å²) >= 11 is 0. The highest BCUT2D eigenvalue weighted by Gasteiger charge is 2.27. The van der Waals surface area contributed by atoms with Crippen LogP contribution in [-0.2, 0) is 0 Å². The molecule has 129 heavy (non-hydrogen) atoms. The smallest absolute Gasteiger partial charge is 0.137 e. The highest BCUT2D eigenvalue weighted by Crippen LogP contribution is 2.52. The quantitative estimate of drug-likeness (QED) is 0.119. The minimum Gasteiger partial charge on any atom is -0.456 e. The maximum absolute atomic E-state index is 6.33. The second-order valence-electron chi connectivity index (χ2n) is 32.8. The molecule has 606 valence electrons. The van der Waals surface area contributed by atoms with Gasteiger partial charge >= 0.3 is 0 Å². The fraction of sp³-hybridized carbons (Fsp3) is 0. The molecule has 27 rings (SSSR count). The van der Waals surface area contributed by atoms with Crippen molar-refractivity contribution >= 4 is 215 Å². The zero-order chi connectivity index (χ0) is 85.0. The van der Waals surface area contributed by atoms with Crippen molar-refractivity contribution in [3.8, 4) is 33.4 Å². The number of anilines is 9. The molecule has 0 atom stereocenters. The number of fused-ring (bicyclic) bond motifs is 21. The van der Waals surface area contributed by atoms with Gasteiger partial charge < -0.3 is 41.2 Å². The molecule has 0 amide bonds. The minimum atomic E-state index is 0.861. The third kappa shape index (κ3) is 12.9. The van der Waals surface area contributed by atoms with E-state index in [4.69, 9.17) is 26.5 Å². The molecule has 0 spiro atoms. The van der Waals surface area contributed by atoms with Crippen LogP contribution in [0.25, 0.3) is 197 Å². The van der Waals surface area contributed by atoms with Crippen molar-refractivity contribution in [2.75, 3.05) is 14.7 Å². The lowest BCUT2D eigenvalue weighted by Gasteiger charge is -2.27. The van der Waals surface area contributed by atoms with Crippen molar-refractivity contribution in [1.82, 2.24) is 0 Å². The van der Waals surface area contributed by atoms with Crippen LogP contribution in [0, 0.1) is 0 Å². The summed E-state index contributed by atoms with van der Waals surface area (Å²) in [6.45, 7) is 0. The predicted molar refractivity (Wildman–Crippen MR) is 536 cm³/mol. The Kier molecular flexibility index (Phi) is 17.7. The van der Waals surface area contributed by atoms with Gasteiger partial charge in [0.25, 0.3) is 0 Å². The summed E-state index contributed by atoms with van der Waals surface area (Å²) in [7, 11) is 0. The van der Waals surface area contributed by atoms with Gasteiger partial charge in [-0.25, -0.2) is 0 Å². The lowest BCUT2D eigenvalue weighted by Crippen LogP contribution is -2.10. The maximum atomic E-state index is 6.33. The normalized spacial score (nSPS) is 11.7. The van der Waals surface area contributed by atoms with E-state index >= 15 is 0 Å². The second kappa shape index (κ2) is 30.8. The number of rotatable bonds is 12. The molecule has 6 aromatic heterocycles. The van der Waals surface area contributed by atoms with Crippen LogP contribution in [-0.4, -0.2) is 0 Å². The summed E-state index contributed by atoms with van der Waals surface area (Å²) in [5, 5.41) is 20.6. The summed E-state index contributed by atoms with van der Waals surface area (Å²) in [5.74, 6) is 0. The maximum Gasteiger partial charge on any atom is 0.137 e. The first kappa shape index (κ1) is 74.2. The van der Waals surface area contributed by atoms with Gasteiger partial charge in [0, 0.05) is 71.5 Å². The molecule has 21 aromatic carbocycles. The molecular formula is C120H75N3O6. The van der Waals surface area contributed by atoms with E-state index in [0.29, 0.717) is 0 Å². The summed E-state index contributed by atoms with van der Waals surface area (Å²) in [6, 6.07) is 160. The number of furan rings is 6. The second-order valence-corrected chi connectivity index (χ2v) is 32.8. The van der Waals surface area contributed by atoms with E-state index < -0.39 is 0 Å². The van der Waals surface area contributed by atoms with Gasteiger partial charge in [0.1, 0.15) is 67.0 Å². The van der Waals surface area contributed by atoms with E-state index in [0.717, 1.165) is 183 Å². The molecule has 0 radical (unpaired) electrons. The van der Waals surface area contributed by atoms with Crippen LogP contribution in [0.3, 0.4) is 0 Å². The van der Waals surface area contributed by atoms with Crippen molar-refractivity contribution in [2.45, 2.75) is 0 Å². The monoisotopic (exact) mass is 1650 g/mol. The molecule has 0 aliphatic rings. The lowest BCUT2D eigenvalue weighted by atomic mass is 9.98. The number of hydrogen-bond acceptors (Lipinski definition) is 9. The summed E-state index contributed by atoms with van der Waals surface area (Å²) < 4.78 is 37.6. The van der Waals surface area contributed by atoms with Crippen molar-refractivity contribution in [1.29, 1.82) is 0 Å². The molecule has 27 aromatic rings. The Morgan fingerprint density at radius 3 is 0.767 bits per heavy atom. The Morgan fingerprint density at radius 1 is 0.132 bits per heavy atom. The SMILES string of the molecule is c1ccc2c(-c3ccc(N(c4ccc5oc6ccccc6c5c4)c4ccc5oc6ccccc6c5c4)cc3)cccc2c1.c1ccc2c(-c3ccc(N(c4cccc5oc6ccccc6c45)c4cccc5oc6ccccc6c45)cc3)cccc2c1.c1ccc2cc(-c3ccc(N(c4cccc5oc6ccccc6c45)c4cccc5oc6ccccc6c45)cc3)ccc2c1. The number of hydrogen-bond donors (Lipinski definition) is 0. The largest absolute Gasteiger partial charge is 0.456 e. The van der Waals surface area contributed by atoms with Crippen LogP contribution in [0.5, 0.6) is 0 Å². The number of nitrogens with zero attached hydrogens (tertiary/aromatic N) is 3. The van der Waals surface area contributed by atoms with Gasteiger partial charge in [0.2, 0.25) is 0 Å². The molecule has 9 nitrogen and oxygen atoms in total. The van der Waals surface area contributed by atoms with Gasteiger partial charge in [-0.3, -0.25) is 0 Å². The van der Waals surface area contributed by atoms with Crippen LogP contribution < -0.4 is 14.7 Å². The summed E-state index contributed by atoms with van der Waals surface area (Å²) in [4.78, 5) is 7.01. The van der Waals surface area contributed by atoms with E-state index in [1.165, 1.54) is 65.7 Å². The topological polar surface area (TPSA) is 88.6 Å². The van der Waals surface area contributed by atoms with Gasteiger partial charge in [-0.15, -0.1) is 0 Å². The van der Waals surface area contributed by atoms with Gasteiger partial charge in [-0.2, -0.15) is 0 Å². The van der Waals surface area contributed by atoms with Gasteiger partial charge in [-0.05, 0) is 229 Å². The van der Waals surface area contributed by atoms with E-state index in [1.807, 2.05) is 84.9 Å². The van der Waals surface area contributed by atoms with Crippen molar-refractivity contribution < 1.29 is 26.5 Å². The highest BCUT2D eigenvalue weighted by atomic mass is 16.3. The standard InChI is InChI=1S/3C40H25NO2/c1-2-12-29-26(10-1)11-7-15-30(29)27-22-24-28(25-23-27)41(33-16-8-20-37-39(33)31-13-3-5-18-35(31)42-37)34-17-9-21-38-40(34)32-14-4-6-19-36(32)43-38;1-2-10-28-25-29(20-19-26(28)9-1)27-21-23-30(24-22-27)41(33-13-7-17-37-39(33)31-11-3-5-15-35(31)42-37)34-14-8-18-38-40(34)32-12-4-6-16-36(32)43-38;1-2-10-31-26(8-1)9-7-13-32(31)27-16-18-28(19-17-27)41(29-20-22-39-35(24-29)33-11-3-5-14-37(33)42-39)30-21-23-40-36(25-30)34-12-4-6-15-38(34)43-40/h3*1-25H. The van der Waals surface area contributed by atoms with Gasteiger partial charge in [0.15, 0.2) is 0 Å². The summed E-state index contributed by atoms with van der Waals surface area (Å²) in [5.41, 5.74) is 27.2. The highest BCUT2D eigenvalue weighted by molar-refractivity contribution is 6.21. The Labute approximate surface area is 739 Å². The molecule has 6 heterocycles. The first-order valence-electron chi connectivity index (χ1n) is 43.6. The van der Waals surface area contributed by atoms with E-state index in [2.05, 4.69) is 385 Å². The van der Waals surface area contributed by atoms with Crippen LogP contribution in [0.4, 0.5) is 51.2 Å². The molecule has 0 aliphatic heterocycles. The predicted octanol–water partition coefficient (Wildman–Crippen LogP) is 35.3. The zero-order valence-corrected chi connectivity index (χ0v) is 69.6. The molecule has 0 fully saturated rings. The van der Waals surface area contributed by atoms with Crippen LogP contribution in [0.15, 0.2) is 481 Å². The molecule has 0 unspecified atom stereocenters.